The highest BCUT2D eigenvalue weighted by Gasteiger charge is 2.24. The number of ketones is 1. The lowest BCUT2D eigenvalue weighted by Crippen LogP contribution is -2.26. The molecule has 1 heterocycles. The van der Waals surface area contributed by atoms with E-state index in [2.05, 4.69) is 10.1 Å². The first-order chi connectivity index (χ1) is 15.7. The van der Waals surface area contributed by atoms with Gasteiger partial charge in [-0.25, -0.2) is 14.5 Å². The minimum Gasteiger partial charge on any atom is -0.478 e. The van der Waals surface area contributed by atoms with Crippen LogP contribution in [0.3, 0.4) is 0 Å². The van der Waals surface area contributed by atoms with E-state index in [4.69, 9.17) is 0 Å². The molecule has 166 valence electrons. The number of aromatic carboxylic acids is 1. The Bertz CT molecular complexity index is 1300. The Morgan fingerprint density at radius 1 is 0.879 bits per heavy atom. The maximum Gasteiger partial charge on any atom is 0.336 e. The molecule has 0 saturated heterocycles. The van der Waals surface area contributed by atoms with E-state index < -0.39 is 5.97 Å². The van der Waals surface area contributed by atoms with Crippen molar-refractivity contribution in [2.24, 2.45) is 0 Å². The van der Waals surface area contributed by atoms with Crippen LogP contribution in [0.4, 0.5) is 0 Å². The SMILES string of the molecule is CC(C)(C)n1nc(C(=O)c2ccccc2)nc1Cc1ccc(-c2ccccc2C(=O)O)cc1. The normalized spacial score (nSPS) is 11.4. The number of benzene rings is 3. The van der Waals surface area contributed by atoms with Gasteiger partial charge in [0.2, 0.25) is 11.6 Å². The highest BCUT2D eigenvalue weighted by molar-refractivity contribution is 6.06. The van der Waals surface area contributed by atoms with Crippen LogP contribution in [0.2, 0.25) is 0 Å². The average molecular weight is 440 g/mol. The molecule has 0 unspecified atom stereocenters. The minimum absolute atomic E-state index is 0.179. The van der Waals surface area contributed by atoms with Gasteiger partial charge in [-0.05, 0) is 43.5 Å². The van der Waals surface area contributed by atoms with Gasteiger partial charge in [0.1, 0.15) is 5.82 Å². The van der Waals surface area contributed by atoms with Crippen LogP contribution in [0.5, 0.6) is 0 Å². The number of carboxylic acids is 1. The van der Waals surface area contributed by atoms with Crippen LogP contribution in [0.25, 0.3) is 11.1 Å². The molecule has 4 aromatic rings. The quantitative estimate of drug-likeness (QED) is 0.416. The van der Waals surface area contributed by atoms with E-state index >= 15 is 0 Å². The molecule has 0 aliphatic heterocycles. The van der Waals surface area contributed by atoms with Crippen LogP contribution in [-0.2, 0) is 12.0 Å². The summed E-state index contributed by atoms with van der Waals surface area (Å²) in [4.78, 5) is 29.0. The summed E-state index contributed by atoms with van der Waals surface area (Å²) in [7, 11) is 0. The van der Waals surface area contributed by atoms with Crippen LogP contribution in [0.1, 0.15) is 58.7 Å². The van der Waals surface area contributed by atoms with Gasteiger partial charge in [0.25, 0.3) is 0 Å². The van der Waals surface area contributed by atoms with E-state index in [-0.39, 0.29) is 22.7 Å². The van der Waals surface area contributed by atoms with Gasteiger partial charge >= 0.3 is 5.97 Å². The molecule has 0 saturated carbocycles. The van der Waals surface area contributed by atoms with Gasteiger partial charge in [-0.1, -0.05) is 72.8 Å². The molecule has 1 N–H and O–H groups in total. The predicted octanol–water partition coefficient (Wildman–Crippen LogP) is 5.22. The number of aromatic nitrogens is 3. The zero-order valence-electron chi connectivity index (χ0n) is 18.8. The Labute approximate surface area is 192 Å². The van der Waals surface area contributed by atoms with Crippen molar-refractivity contribution in [1.29, 1.82) is 0 Å². The molecular formula is C27H25N3O3. The van der Waals surface area contributed by atoms with Crippen molar-refractivity contribution in [1.82, 2.24) is 14.8 Å². The molecule has 0 aliphatic carbocycles. The second kappa shape index (κ2) is 8.82. The molecule has 0 amide bonds. The van der Waals surface area contributed by atoms with E-state index in [0.717, 1.165) is 11.1 Å². The van der Waals surface area contributed by atoms with E-state index in [0.29, 0.717) is 23.4 Å². The van der Waals surface area contributed by atoms with Gasteiger partial charge in [-0.3, -0.25) is 4.79 Å². The maximum absolute atomic E-state index is 12.9. The first-order valence-corrected chi connectivity index (χ1v) is 10.7. The van der Waals surface area contributed by atoms with Crippen molar-refractivity contribution in [3.05, 3.63) is 107 Å². The Hall–Kier alpha value is -4.06. The van der Waals surface area contributed by atoms with E-state index in [1.165, 1.54) is 0 Å². The Balaban J connectivity index is 1.64. The monoisotopic (exact) mass is 439 g/mol. The minimum atomic E-state index is -0.955. The molecule has 0 aliphatic rings. The van der Waals surface area contributed by atoms with E-state index in [9.17, 15) is 14.7 Å². The summed E-state index contributed by atoms with van der Waals surface area (Å²) in [6, 6.07) is 23.7. The molecule has 4 rings (SSSR count). The first kappa shape index (κ1) is 22.1. The molecule has 0 radical (unpaired) electrons. The van der Waals surface area contributed by atoms with Gasteiger partial charge in [-0.15, -0.1) is 5.10 Å². The standard InChI is InChI=1S/C27H25N3O3/c1-27(2,3)30-23(28-25(29-30)24(31)20-9-5-4-6-10-20)17-18-13-15-19(16-14-18)21-11-7-8-12-22(21)26(32)33/h4-16H,17H2,1-3H3,(H,32,33). The zero-order valence-corrected chi connectivity index (χ0v) is 18.8. The molecule has 33 heavy (non-hydrogen) atoms. The van der Waals surface area contributed by atoms with Crippen molar-refractivity contribution in [3.63, 3.8) is 0 Å². The molecule has 0 atom stereocenters. The summed E-state index contributed by atoms with van der Waals surface area (Å²) >= 11 is 0. The lowest BCUT2D eigenvalue weighted by atomic mass is 9.98. The van der Waals surface area contributed by atoms with Crippen LogP contribution in [0, 0.1) is 0 Å². The van der Waals surface area contributed by atoms with Crippen molar-refractivity contribution in [3.8, 4) is 11.1 Å². The van der Waals surface area contributed by atoms with Crippen molar-refractivity contribution in [2.75, 3.05) is 0 Å². The van der Waals surface area contributed by atoms with Gasteiger partial charge in [-0.2, -0.15) is 0 Å². The Morgan fingerprint density at radius 3 is 2.15 bits per heavy atom. The average Bonchev–Trinajstić information content (AvgIpc) is 3.24. The molecule has 0 fully saturated rings. The molecule has 3 aromatic carbocycles. The number of carbonyl (C=O) groups is 2. The number of carbonyl (C=O) groups excluding carboxylic acids is 1. The molecule has 0 bridgehead atoms. The fourth-order valence-corrected chi connectivity index (χ4v) is 3.72. The molecule has 0 spiro atoms. The van der Waals surface area contributed by atoms with Crippen LogP contribution >= 0.6 is 0 Å². The summed E-state index contributed by atoms with van der Waals surface area (Å²) in [5.41, 5.74) is 2.96. The van der Waals surface area contributed by atoms with Crippen LogP contribution < -0.4 is 0 Å². The summed E-state index contributed by atoms with van der Waals surface area (Å²) in [5, 5.41) is 14.0. The number of carboxylic acid groups (broad SMARTS) is 1. The number of nitrogens with zero attached hydrogens (tertiary/aromatic N) is 3. The summed E-state index contributed by atoms with van der Waals surface area (Å²) < 4.78 is 1.80. The van der Waals surface area contributed by atoms with Gasteiger partial charge < -0.3 is 5.11 Å². The number of hydrogen-bond donors (Lipinski definition) is 1. The second-order valence-electron chi connectivity index (χ2n) is 8.85. The lowest BCUT2D eigenvalue weighted by Gasteiger charge is -2.21. The topological polar surface area (TPSA) is 85.1 Å². The predicted molar refractivity (Wildman–Crippen MR) is 127 cm³/mol. The van der Waals surface area contributed by atoms with Gasteiger partial charge in [0.15, 0.2) is 0 Å². The van der Waals surface area contributed by atoms with Crippen LogP contribution in [0.15, 0.2) is 78.9 Å². The molecular weight excluding hydrogens is 414 g/mol. The number of rotatable bonds is 6. The second-order valence-corrected chi connectivity index (χ2v) is 8.85. The van der Waals surface area contributed by atoms with Gasteiger partial charge in [0.05, 0.1) is 11.1 Å². The third kappa shape index (κ3) is 4.75. The highest BCUT2D eigenvalue weighted by Crippen LogP contribution is 2.25. The van der Waals surface area contributed by atoms with Crippen LogP contribution in [-0.4, -0.2) is 31.6 Å². The third-order valence-electron chi connectivity index (χ3n) is 5.33. The number of hydrogen-bond acceptors (Lipinski definition) is 4. The highest BCUT2D eigenvalue weighted by atomic mass is 16.4. The zero-order chi connectivity index (χ0) is 23.6. The summed E-state index contributed by atoms with van der Waals surface area (Å²) in [5.74, 6) is -0.289. The van der Waals surface area contributed by atoms with Crippen molar-refractivity contribution >= 4 is 11.8 Å². The smallest absolute Gasteiger partial charge is 0.336 e. The fourth-order valence-electron chi connectivity index (χ4n) is 3.72. The molecule has 1 aromatic heterocycles. The Morgan fingerprint density at radius 2 is 1.52 bits per heavy atom. The molecule has 6 nitrogen and oxygen atoms in total. The summed E-state index contributed by atoms with van der Waals surface area (Å²) in [6.07, 6.45) is 0.493. The van der Waals surface area contributed by atoms with E-state index in [1.54, 1.807) is 35.0 Å². The maximum atomic E-state index is 12.9. The fraction of sp³-hybridized carbons (Fsp3) is 0.185. The van der Waals surface area contributed by atoms with Gasteiger partial charge in [0, 0.05) is 12.0 Å². The third-order valence-corrected chi connectivity index (χ3v) is 5.33. The van der Waals surface area contributed by atoms with E-state index in [1.807, 2.05) is 69.3 Å². The lowest BCUT2D eigenvalue weighted by molar-refractivity contribution is 0.0697. The summed E-state index contributed by atoms with van der Waals surface area (Å²) in [6.45, 7) is 6.07. The van der Waals surface area contributed by atoms with Crippen molar-refractivity contribution < 1.29 is 14.7 Å². The largest absolute Gasteiger partial charge is 0.478 e. The Kier molecular flexibility index (Phi) is 5.92. The molecule has 6 heteroatoms. The van der Waals surface area contributed by atoms with Crippen molar-refractivity contribution in [2.45, 2.75) is 32.7 Å². The first-order valence-electron chi connectivity index (χ1n) is 10.7.